The van der Waals surface area contributed by atoms with E-state index in [1.54, 1.807) is 25.4 Å². The number of fused-ring (bicyclic) bond motifs is 1. The zero-order valence-electron chi connectivity index (χ0n) is 20.4. The number of pyridine rings is 1. The predicted molar refractivity (Wildman–Crippen MR) is 134 cm³/mol. The summed E-state index contributed by atoms with van der Waals surface area (Å²) in [6, 6.07) is 9.09. The topological polar surface area (TPSA) is 92.7 Å². The number of nitrogens with zero attached hydrogens (tertiary/aromatic N) is 5. The molecule has 9 nitrogen and oxygen atoms in total. The van der Waals surface area contributed by atoms with Crippen LogP contribution in [0, 0.1) is 0 Å². The second-order valence-corrected chi connectivity index (χ2v) is 9.15. The number of carbonyl (C=O) groups excluding carboxylic acids is 1. The van der Waals surface area contributed by atoms with Crippen molar-refractivity contribution in [3.63, 3.8) is 0 Å². The Morgan fingerprint density at radius 2 is 1.86 bits per heavy atom. The Morgan fingerprint density at radius 1 is 1.09 bits per heavy atom. The van der Waals surface area contributed by atoms with E-state index in [0.29, 0.717) is 17.2 Å². The molecule has 9 heteroatoms. The molecule has 0 radical (unpaired) electrons. The molecule has 5 rings (SSSR count). The summed E-state index contributed by atoms with van der Waals surface area (Å²) in [4.78, 5) is 30.5. The van der Waals surface area contributed by atoms with Crippen LogP contribution in [0.5, 0.6) is 11.5 Å². The Morgan fingerprint density at radius 3 is 2.63 bits per heavy atom. The molecule has 2 fully saturated rings. The van der Waals surface area contributed by atoms with Gasteiger partial charge in [0.05, 0.1) is 24.4 Å². The summed E-state index contributed by atoms with van der Waals surface area (Å²) in [5.74, 6) is 1.67. The van der Waals surface area contributed by atoms with E-state index in [0.717, 1.165) is 56.0 Å². The van der Waals surface area contributed by atoms with Gasteiger partial charge in [-0.25, -0.2) is 9.97 Å². The molecule has 184 valence electrons. The van der Waals surface area contributed by atoms with E-state index in [9.17, 15) is 4.79 Å². The largest absolute Gasteiger partial charge is 0.457 e. The summed E-state index contributed by atoms with van der Waals surface area (Å²) in [6.45, 7) is 3.43. The molecule has 1 N–H and O–H groups in total. The fraction of sp³-hybridized carbons (Fsp3) is 0.462. The fourth-order valence-corrected chi connectivity index (χ4v) is 5.24. The number of benzene rings is 1. The highest BCUT2D eigenvalue weighted by Crippen LogP contribution is 2.38. The van der Waals surface area contributed by atoms with Gasteiger partial charge in [-0.2, -0.15) is 0 Å². The lowest BCUT2D eigenvalue weighted by Crippen LogP contribution is -2.63. The summed E-state index contributed by atoms with van der Waals surface area (Å²) in [5, 5.41) is 3.46. The lowest BCUT2D eigenvalue weighted by molar-refractivity contribution is -0.0372. The summed E-state index contributed by atoms with van der Waals surface area (Å²) >= 11 is 0. The molecule has 0 atom stereocenters. The van der Waals surface area contributed by atoms with E-state index < -0.39 is 0 Å². The maximum atomic E-state index is 11.9. The lowest BCUT2D eigenvalue weighted by Gasteiger charge is -2.52. The van der Waals surface area contributed by atoms with Crippen LogP contribution in [0.15, 0.2) is 42.7 Å². The highest BCUT2D eigenvalue weighted by molar-refractivity contribution is 5.92. The van der Waals surface area contributed by atoms with Crippen molar-refractivity contribution in [2.75, 3.05) is 45.3 Å². The number of morpholine rings is 1. The van der Waals surface area contributed by atoms with Crippen LogP contribution in [-0.4, -0.2) is 71.8 Å². The standard InChI is InChI=1S/C26H32N6O3/c1-27-24(33)23-17-21(8-11-28-23)35-20-6-7-22-19(16-20)18-29-25(30-22)31(2)26(9-4-3-5-10-26)32-12-14-34-15-13-32/h6-8,11,16-18H,3-5,9-10,12-15H2,1-2H3,(H,27,33). The van der Waals surface area contributed by atoms with E-state index in [1.165, 1.54) is 19.3 Å². The fourth-order valence-electron chi connectivity index (χ4n) is 5.24. The number of rotatable bonds is 6. The number of aromatic nitrogens is 3. The van der Waals surface area contributed by atoms with Gasteiger partial charge in [0.2, 0.25) is 5.95 Å². The first-order valence-corrected chi connectivity index (χ1v) is 12.3. The normalized spacial score (nSPS) is 18.2. The first kappa shape index (κ1) is 23.4. The summed E-state index contributed by atoms with van der Waals surface area (Å²) in [5.41, 5.74) is 1.10. The molecule has 1 amide bonds. The molecule has 3 heterocycles. The number of amides is 1. The van der Waals surface area contributed by atoms with E-state index in [4.69, 9.17) is 19.4 Å². The van der Waals surface area contributed by atoms with E-state index in [1.807, 2.05) is 24.4 Å². The van der Waals surface area contributed by atoms with E-state index in [-0.39, 0.29) is 11.6 Å². The highest BCUT2D eigenvalue weighted by Gasteiger charge is 2.43. The number of nitrogens with one attached hydrogen (secondary N) is 1. The van der Waals surface area contributed by atoms with Crippen molar-refractivity contribution in [2.45, 2.75) is 37.8 Å². The van der Waals surface area contributed by atoms with Crippen LogP contribution in [0.2, 0.25) is 0 Å². The first-order valence-electron chi connectivity index (χ1n) is 12.3. The van der Waals surface area contributed by atoms with Gasteiger partial charge in [0.1, 0.15) is 17.2 Å². The smallest absolute Gasteiger partial charge is 0.269 e. The number of carbonyl (C=O) groups is 1. The molecule has 1 aromatic carbocycles. The Labute approximate surface area is 205 Å². The summed E-state index contributed by atoms with van der Waals surface area (Å²) in [6.07, 6.45) is 9.35. The molecule has 2 aliphatic rings. The minimum absolute atomic E-state index is 0.0669. The summed E-state index contributed by atoms with van der Waals surface area (Å²) in [7, 11) is 3.70. The van der Waals surface area contributed by atoms with Crippen molar-refractivity contribution >= 4 is 22.8 Å². The second kappa shape index (κ2) is 10.1. The Hall–Kier alpha value is -3.30. The molecule has 35 heavy (non-hydrogen) atoms. The van der Waals surface area contributed by atoms with Crippen LogP contribution in [0.3, 0.4) is 0 Å². The third-order valence-corrected chi connectivity index (χ3v) is 7.14. The van der Waals surface area contributed by atoms with E-state index >= 15 is 0 Å². The van der Waals surface area contributed by atoms with Gasteiger partial charge in [-0.15, -0.1) is 0 Å². The predicted octanol–water partition coefficient (Wildman–Crippen LogP) is 3.61. The number of ether oxygens (including phenoxy) is 2. The van der Waals surface area contributed by atoms with Crippen LogP contribution < -0.4 is 15.0 Å². The minimum atomic E-state index is -0.258. The third-order valence-electron chi connectivity index (χ3n) is 7.14. The number of hydrogen-bond acceptors (Lipinski definition) is 8. The molecule has 0 unspecified atom stereocenters. The average Bonchev–Trinajstić information content (AvgIpc) is 2.93. The van der Waals surface area contributed by atoms with Gasteiger partial charge in [0.25, 0.3) is 5.91 Å². The van der Waals surface area contributed by atoms with Crippen molar-refractivity contribution in [3.05, 3.63) is 48.4 Å². The van der Waals surface area contributed by atoms with Crippen molar-refractivity contribution in [1.29, 1.82) is 0 Å². The minimum Gasteiger partial charge on any atom is -0.457 e. The van der Waals surface area contributed by atoms with Gasteiger partial charge < -0.3 is 19.7 Å². The molecule has 1 saturated heterocycles. The molecule has 0 bridgehead atoms. The van der Waals surface area contributed by atoms with Gasteiger partial charge in [-0.3, -0.25) is 14.7 Å². The quantitative estimate of drug-likeness (QED) is 0.577. The zero-order chi connectivity index (χ0) is 24.3. The summed E-state index contributed by atoms with van der Waals surface area (Å²) < 4.78 is 11.6. The van der Waals surface area contributed by atoms with Crippen molar-refractivity contribution in [2.24, 2.45) is 0 Å². The highest BCUT2D eigenvalue weighted by atomic mass is 16.5. The van der Waals surface area contributed by atoms with Crippen molar-refractivity contribution in [1.82, 2.24) is 25.2 Å². The van der Waals surface area contributed by atoms with Gasteiger partial charge in [-0.1, -0.05) is 6.42 Å². The van der Waals surface area contributed by atoms with Gasteiger partial charge in [0.15, 0.2) is 0 Å². The van der Waals surface area contributed by atoms with Crippen molar-refractivity contribution < 1.29 is 14.3 Å². The first-order chi connectivity index (χ1) is 17.1. The zero-order valence-corrected chi connectivity index (χ0v) is 20.4. The molecule has 0 spiro atoms. The molecule has 1 aliphatic heterocycles. The van der Waals surface area contributed by atoms with Gasteiger partial charge >= 0.3 is 0 Å². The number of anilines is 1. The molecule has 1 aliphatic carbocycles. The van der Waals surface area contributed by atoms with Crippen LogP contribution in [0.4, 0.5) is 5.95 Å². The average molecular weight is 477 g/mol. The van der Waals surface area contributed by atoms with E-state index in [2.05, 4.69) is 27.1 Å². The Kier molecular flexibility index (Phi) is 6.79. The molecular weight excluding hydrogens is 444 g/mol. The second-order valence-electron chi connectivity index (χ2n) is 9.15. The lowest BCUT2D eigenvalue weighted by atomic mass is 9.86. The Balaban J connectivity index is 1.39. The number of hydrogen-bond donors (Lipinski definition) is 1. The van der Waals surface area contributed by atoms with Crippen LogP contribution >= 0.6 is 0 Å². The van der Waals surface area contributed by atoms with Gasteiger partial charge in [0, 0.05) is 51.0 Å². The molecular formula is C26H32N6O3. The van der Waals surface area contributed by atoms with Crippen LogP contribution in [-0.2, 0) is 4.74 Å². The SMILES string of the molecule is CNC(=O)c1cc(Oc2ccc3nc(N(C)C4(N5CCOCC5)CCCCC4)ncc3c2)ccn1. The van der Waals surface area contributed by atoms with Crippen LogP contribution in [0.1, 0.15) is 42.6 Å². The monoisotopic (exact) mass is 476 g/mol. The Bertz CT molecular complexity index is 1190. The van der Waals surface area contributed by atoms with Gasteiger partial charge in [-0.05, 0) is 49.9 Å². The molecule has 1 saturated carbocycles. The van der Waals surface area contributed by atoms with Crippen molar-refractivity contribution in [3.8, 4) is 11.5 Å². The molecule has 2 aromatic heterocycles. The molecule has 3 aromatic rings. The maximum absolute atomic E-state index is 11.9. The maximum Gasteiger partial charge on any atom is 0.269 e. The third kappa shape index (κ3) is 4.78. The van der Waals surface area contributed by atoms with Crippen LogP contribution in [0.25, 0.3) is 10.9 Å².